The van der Waals surface area contributed by atoms with E-state index in [0.717, 1.165) is 17.5 Å². The molecule has 0 fully saturated rings. The Kier molecular flexibility index (Phi) is 4.24. The van der Waals surface area contributed by atoms with Crippen molar-refractivity contribution in [1.82, 2.24) is 5.16 Å². The number of aryl methyl sites for hydroxylation is 1. The number of carbonyl (C=O) groups is 2. The first-order chi connectivity index (χ1) is 13.0. The minimum Gasteiger partial charge on any atom is -0.449 e. The number of hydrogen-bond acceptors (Lipinski definition) is 5. The van der Waals surface area contributed by atoms with Crippen LogP contribution in [0, 0.1) is 6.92 Å². The largest absolute Gasteiger partial charge is 0.449 e. The lowest BCUT2D eigenvalue weighted by Crippen LogP contribution is -2.29. The third-order valence-electron chi connectivity index (χ3n) is 4.56. The minimum absolute atomic E-state index is 0.218. The van der Waals surface area contributed by atoms with E-state index in [-0.39, 0.29) is 5.88 Å². The number of carbonyl (C=O) groups excluding carboxylic acids is 2. The minimum atomic E-state index is -0.964. The van der Waals surface area contributed by atoms with Crippen molar-refractivity contribution in [2.75, 3.05) is 5.32 Å². The van der Waals surface area contributed by atoms with Crippen molar-refractivity contribution in [3.05, 3.63) is 70.9 Å². The molecule has 0 aliphatic heterocycles. The molecule has 2 aromatic carbocycles. The summed E-state index contributed by atoms with van der Waals surface area (Å²) in [7, 11) is 0. The summed E-state index contributed by atoms with van der Waals surface area (Å²) < 4.78 is 10.2. The number of hydrogen-bond donors (Lipinski definition) is 1. The summed E-state index contributed by atoms with van der Waals surface area (Å²) in [5.41, 5.74) is 5.73. The Labute approximate surface area is 156 Å². The first-order valence-electron chi connectivity index (χ1n) is 8.67. The number of rotatable bonds is 4. The first-order valence-corrected chi connectivity index (χ1v) is 8.67. The van der Waals surface area contributed by atoms with E-state index in [1.54, 1.807) is 19.1 Å². The Morgan fingerprint density at radius 1 is 1.11 bits per heavy atom. The van der Waals surface area contributed by atoms with E-state index < -0.39 is 18.0 Å². The van der Waals surface area contributed by atoms with Gasteiger partial charge >= 0.3 is 5.97 Å². The summed E-state index contributed by atoms with van der Waals surface area (Å²) in [6.07, 6.45) is -0.179. The van der Waals surface area contributed by atoms with Gasteiger partial charge in [0, 0.05) is 6.07 Å². The number of nitrogens with zero attached hydrogens (tertiary/aromatic N) is 1. The van der Waals surface area contributed by atoms with Crippen molar-refractivity contribution in [3.8, 4) is 11.1 Å². The topological polar surface area (TPSA) is 81.4 Å². The van der Waals surface area contributed by atoms with E-state index in [2.05, 4.69) is 22.6 Å². The van der Waals surface area contributed by atoms with E-state index >= 15 is 0 Å². The summed E-state index contributed by atoms with van der Waals surface area (Å²) in [5, 5.41) is 6.22. The highest BCUT2D eigenvalue weighted by atomic mass is 16.5. The number of amides is 1. The molecule has 1 aliphatic rings. The second-order valence-corrected chi connectivity index (χ2v) is 6.58. The lowest BCUT2D eigenvalue weighted by Gasteiger charge is -2.12. The molecule has 6 nitrogen and oxygen atoms in total. The molecule has 3 aromatic rings. The van der Waals surface area contributed by atoms with Gasteiger partial charge in [-0.1, -0.05) is 35.5 Å². The van der Waals surface area contributed by atoms with Crippen molar-refractivity contribution in [1.29, 1.82) is 0 Å². The molecular weight excluding hydrogens is 344 g/mol. The highest BCUT2D eigenvalue weighted by molar-refractivity contribution is 5.97. The van der Waals surface area contributed by atoms with Crippen molar-refractivity contribution >= 4 is 17.8 Å². The van der Waals surface area contributed by atoms with Crippen LogP contribution >= 0.6 is 0 Å². The average molecular weight is 362 g/mol. The molecule has 136 valence electrons. The fourth-order valence-electron chi connectivity index (χ4n) is 3.20. The van der Waals surface area contributed by atoms with Gasteiger partial charge in [0.05, 0.1) is 11.3 Å². The van der Waals surface area contributed by atoms with Crippen LogP contribution in [0.2, 0.25) is 0 Å². The normalized spacial score (nSPS) is 12.8. The zero-order chi connectivity index (χ0) is 19.0. The van der Waals surface area contributed by atoms with Gasteiger partial charge in [-0.3, -0.25) is 10.1 Å². The van der Waals surface area contributed by atoms with Gasteiger partial charge in [-0.25, -0.2) is 4.79 Å². The molecule has 1 atom stereocenters. The quantitative estimate of drug-likeness (QED) is 0.559. The van der Waals surface area contributed by atoms with Crippen LogP contribution in [0.5, 0.6) is 0 Å². The van der Waals surface area contributed by atoms with Gasteiger partial charge in [0.25, 0.3) is 5.91 Å². The second kappa shape index (κ2) is 6.72. The van der Waals surface area contributed by atoms with E-state index in [1.165, 1.54) is 18.1 Å². The fourth-order valence-corrected chi connectivity index (χ4v) is 3.20. The molecule has 6 heteroatoms. The molecule has 0 saturated carbocycles. The molecular formula is C21H18N2O4. The third kappa shape index (κ3) is 3.33. The standard InChI is InChI=1S/C21H18N2O4/c1-12-9-19(27-23-12)22-20(24)13(2)26-21(25)15-7-8-18-16(11-15)10-14-5-3-4-6-17(14)18/h3-9,11,13H,10H2,1-2H3,(H,22,24)/t13-/m1/s1. The van der Waals surface area contributed by atoms with Crippen LogP contribution in [0.15, 0.2) is 53.1 Å². The highest BCUT2D eigenvalue weighted by Gasteiger charge is 2.23. The number of esters is 1. The predicted octanol–water partition coefficient (Wildman–Crippen LogP) is 3.74. The molecule has 0 spiro atoms. The number of benzene rings is 2. The van der Waals surface area contributed by atoms with Gasteiger partial charge in [0.1, 0.15) is 0 Å². The molecule has 4 rings (SSSR count). The summed E-state index contributed by atoms with van der Waals surface area (Å²) >= 11 is 0. The van der Waals surface area contributed by atoms with Gasteiger partial charge in [0.15, 0.2) is 6.10 Å². The smallest absolute Gasteiger partial charge is 0.338 e. The number of ether oxygens (including phenoxy) is 1. The van der Waals surface area contributed by atoms with Gasteiger partial charge in [-0.15, -0.1) is 0 Å². The monoisotopic (exact) mass is 362 g/mol. The molecule has 27 heavy (non-hydrogen) atoms. The van der Waals surface area contributed by atoms with Crippen LogP contribution in [-0.4, -0.2) is 23.1 Å². The Balaban J connectivity index is 1.44. The maximum Gasteiger partial charge on any atom is 0.338 e. The Morgan fingerprint density at radius 3 is 2.67 bits per heavy atom. The maximum absolute atomic E-state index is 12.5. The van der Waals surface area contributed by atoms with Crippen LogP contribution in [0.25, 0.3) is 11.1 Å². The van der Waals surface area contributed by atoms with Gasteiger partial charge < -0.3 is 9.26 Å². The lowest BCUT2D eigenvalue weighted by atomic mass is 10.0. The van der Waals surface area contributed by atoms with Crippen LogP contribution < -0.4 is 5.32 Å². The number of fused-ring (bicyclic) bond motifs is 3. The van der Waals surface area contributed by atoms with E-state index in [1.807, 2.05) is 24.3 Å². The van der Waals surface area contributed by atoms with Crippen molar-refractivity contribution in [3.63, 3.8) is 0 Å². The van der Waals surface area contributed by atoms with Gasteiger partial charge in [0.2, 0.25) is 5.88 Å². The Bertz CT molecular complexity index is 1040. The maximum atomic E-state index is 12.5. The summed E-state index contributed by atoms with van der Waals surface area (Å²) in [6, 6.07) is 15.3. The van der Waals surface area contributed by atoms with Crippen LogP contribution in [0.3, 0.4) is 0 Å². The SMILES string of the molecule is Cc1cc(NC(=O)[C@@H](C)OC(=O)c2ccc3c(c2)Cc2ccccc2-3)on1. The van der Waals surface area contributed by atoms with Crippen LogP contribution in [0.4, 0.5) is 5.88 Å². The molecule has 1 amide bonds. The molecule has 1 N–H and O–H groups in total. The average Bonchev–Trinajstić information content (AvgIpc) is 3.23. The predicted molar refractivity (Wildman–Crippen MR) is 99.4 cm³/mol. The lowest BCUT2D eigenvalue weighted by molar-refractivity contribution is -0.123. The van der Waals surface area contributed by atoms with Crippen molar-refractivity contribution < 1.29 is 18.8 Å². The Hall–Kier alpha value is -3.41. The molecule has 0 radical (unpaired) electrons. The summed E-state index contributed by atoms with van der Waals surface area (Å²) in [5.74, 6) is -0.797. The summed E-state index contributed by atoms with van der Waals surface area (Å²) in [4.78, 5) is 24.6. The van der Waals surface area contributed by atoms with Gasteiger partial charge in [-0.2, -0.15) is 0 Å². The molecule has 1 aromatic heterocycles. The van der Waals surface area contributed by atoms with E-state index in [4.69, 9.17) is 9.26 Å². The molecule has 1 aliphatic carbocycles. The highest BCUT2D eigenvalue weighted by Crippen LogP contribution is 2.36. The van der Waals surface area contributed by atoms with E-state index in [9.17, 15) is 9.59 Å². The zero-order valence-electron chi connectivity index (χ0n) is 15.0. The number of anilines is 1. The van der Waals surface area contributed by atoms with Gasteiger partial charge in [-0.05, 0) is 54.7 Å². The fraction of sp³-hybridized carbons (Fsp3) is 0.190. The summed E-state index contributed by atoms with van der Waals surface area (Å²) in [6.45, 7) is 3.26. The molecule has 0 unspecified atom stereocenters. The Morgan fingerprint density at radius 2 is 1.89 bits per heavy atom. The van der Waals surface area contributed by atoms with Crippen LogP contribution in [-0.2, 0) is 16.0 Å². The molecule has 0 saturated heterocycles. The second-order valence-electron chi connectivity index (χ2n) is 6.58. The van der Waals surface area contributed by atoms with Crippen molar-refractivity contribution in [2.45, 2.75) is 26.4 Å². The molecule has 0 bridgehead atoms. The first kappa shape index (κ1) is 17.0. The zero-order valence-corrected chi connectivity index (χ0v) is 15.0. The number of aromatic nitrogens is 1. The van der Waals surface area contributed by atoms with E-state index in [0.29, 0.717) is 11.3 Å². The van der Waals surface area contributed by atoms with Crippen molar-refractivity contribution in [2.24, 2.45) is 0 Å². The number of nitrogens with one attached hydrogen (secondary N) is 1. The van der Waals surface area contributed by atoms with Crippen LogP contribution in [0.1, 0.15) is 34.1 Å². The molecule has 1 heterocycles. The third-order valence-corrected chi connectivity index (χ3v) is 4.56.